The van der Waals surface area contributed by atoms with Crippen molar-refractivity contribution in [2.75, 3.05) is 5.32 Å². The number of nitro groups is 1. The van der Waals surface area contributed by atoms with E-state index < -0.39 is 29.5 Å². The third-order valence-corrected chi connectivity index (χ3v) is 5.91. The highest BCUT2D eigenvalue weighted by molar-refractivity contribution is 5.79. The lowest BCUT2D eigenvalue weighted by molar-refractivity contribution is -0.384. The van der Waals surface area contributed by atoms with Gasteiger partial charge < -0.3 is 25.0 Å². The van der Waals surface area contributed by atoms with E-state index in [1.54, 1.807) is 34.5 Å². The summed E-state index contributed by atoms with van der Waals surface area (Å²) < 4.78 is 15.0. The summed E-state index contributed by atoms with van der Waals surface area (Å²) in [5.41, 5.74) is 2.24. The van der Waals surface area contributed by atoms with Crippen molar-refractivity contribution in [3.8, 4) is 5.88 Å². The summed E-state index contributed by atoms with van der Waals surface area (Å²) in [6, 6.07) is 5.99. The van der Waals surface area contributed by atoms with Crippen LogP contribution in [0.5, 0.6) is 5.88 Å². The average molecular weight is 496 g/mol. The van der Waals surface area contributed by atoms with Crippen LogP contribution < -0.4 is 10.1 Å². The van der Waals surface area contributed by atoms with E-state index in [9.17, 15) is 20.3 Å². The first-order valence-electron chi connectivity index (χ1n) is 11.1. The van der Waals surface area contributed by atoms with Gasteiger partial charge in [-0.2, -0.15) is 10.1 Å². The molecular weight excluding hydrogens is 472 g/mol. The summed E-state index contributed by atoms with van der Waals surface area (Å²) in [4.78, 5) is 23.6. The van der Waals surface area contributed by atoms with Crippen LogP contribution in [0.2, 0.25) is 0 Å². The van der Waals surface area contributed by atoms with Gasteiger partial charge in [0, 0.05) is 37.5 Å². The van der Waals surface area contributed by atoms with E-state index in [4.69, 9.17) is 9.47 Å². The van der Waals surface area contributed by atoms with Gasteiger partial charge in [0.15, 0.2) is 17.4 Å². The van der Waals surface area contributed by atoms with Gasteiger partial charge in [0.1, 0.15) is 25.1 Å². The molecule has 0 saturated carbocycles. The predicted octanol–water partition coefficient (Wildman–Crippen LogP) is 1.30. The fourth-order valence-corrected chi connectivity index (χ4v) is 4.01. The fourth-order valence-electron chi connectivity index (χ4n) is 4.01. The number of nitrogens with one attached hydrogen (secondary N) is 1. The summed E-state index contributed by atoms with van der Waals surface area (Å²) in [5.74, 6) is 0.516. The number of aryl methyl sites for hydroxylation is 1. The summed E-state index contributed by atoms with van der Waals surface area (Å²) in [6.45, 7) is 2.14. The number of benzene rings is 1. The van der Waals surface area contributed by atoms with E-state index >= 15 is 0 Å². The van der Waals surface area contributed by atoms with Gasteiger partial charge in [-0.15, -0.1) is 0 Å². The van der Waals surface area contributed by atoms with Crippen molar-refractivity contribution in [2.24, 2.45) is 7.05 Å². The van der Waals surface area contributed by atoms with Gasteiger partial charge in [0.05, 0.1) is 17.2 Å². The van der Waals surface area contributed by atoms with Crippen molar-refractivity contribution in [3.63, 3.8) is 0 Å². The lowest BCUT2D eigenvalue weighted by Gasteiger charge is -2.19. The first-order valence-corrected chi connectivity index (χ1v) is 11.1. The Labute approximate surface area is 204 Å². The molecule has 4 aromatic rings. The van der Waals surface area contributed by atoms with Crippen LogP contribution in [0.4, 0.5) is 11.6 Å². The summed E-state index contributed by atoms with van der Waals surface area (Å²) >= 11 is 0. The van der Waals surface area contributed by atoms with Crippen molar-refractivity contribution < 1.29 is 24.6 Å². The Morgan fingerprint density at radius 1 is 1.19 bits per heavy atom. The van der Waals surface area contributed by atoms with Gasteiger partial charge in [-0.05, 0) is 24.6 Å². The van der Waals surface area contributed by atoms with E-state index in [1.165, 1.54) is 18.5 Å². The molecule has 3 N–H and O–H groups in total. The molecule has 1 aliphatic heterocycles. The molecule has 14 nitrogen and oxygen atoms in total. The van der Waals surface area contributed by atoms with E-state index in [1.807, 2.05) is 13.2 Å². The number of nitro benzene ring substituents is 1. The Morgan fingerprint density at radius 2 is 1.97 bits per heavy atom. The standard InChI is InChI=1S/C22H24N8O6/c1-12-17(31)18(32)21(36-12)29-19-16(27-22(29)23-7-14-8-26-28(2)9-14)20(25-11-24-19)35-10-13-3-5-15(6-4-13)30(33)34/h3-6,8-9,11-12,17-18,21,31-32H,7,10H2,1-2H3,(H,23,27)/t12-,17-,18-,21-/m1/s1. The van der Waals surface area contributed by atoms with E-state index in [0.29, 0.717) is 29.2 Å². The maximum Gasteiger partial charge on any atom is 0.269 e. The number of aliphatic hydroxyl groups excluding tert-OH is 2. The smallest absolute Gasteiger partial charge is 0.269 e. The zero-order chi connectivity index (χ0) is 25.4. The lowest BCUT2D eigenvalue weighted by Crippen LogP contribution is -2.30. The number of aromatic nitrogens is 6. The number of hydrogen-bond acceptors (Lipinski definition) is 11. The second kappa shape index (κ2) is 9.49. The number of nitrogens with zero attached hydrogens (tertiary/aromatic N) is 7. The number of non-ortho nitro benzene ring substituents is 1. The Bertz CT molecular complexity index is 1390. The van der Waals surface area contributed by atoms with Crippen molar-refractivity contribution in [1.29, 1.82) is 0 Å². The molecule has 3 aromatic heterocycles. The molecule has 1 aromatic carbocycles. The van der Waals surface area contributed by atoms with Crippen LogP contribution in [-0.2, 0) is 24.9 Å². The van der Waals surface area contributed by atoms with E-state index in [-0.39, 0.29) is 18.2 Å². The van der Waals surface area contributed by atoms with Crippen LogP contribution >= 0.6 is 0 Å². The molecule has 0 spiro atoms. The normalized spacial score (nSPS) is 21.7. The number of rotatable bonds is 8. The van der Waals surface area contributed by atoms with Crippen LogP contribution in [0.15, 0.2) is 43.0 Å². The van der Waals surface area contributed by atoms with Gasteiger partial charge in [0.25, 0.3) is 5.69 Å². The predicted molar refractivity (Wildman–Crippen MR) is 125 cm³/mol. The second-order valence-corrected chi connectivity index (χ2v) is 8.46. The van der Waals surface area contributed by atoms with E-state index in [0.717, 1.165) is 5.56 Å². The number of aliphatic hydroxyl groups is 2. The highest BCUT2D eigenvalue weighted by Gasteiger charge is 2.43. The third kappa shape index (κ3) is 4.44. The van der Waals surface area contributed by atoms with Gasteiger partial charge in [-0.25, -0.2) is 9.97 Å². The maximum absolute atomic E-state index is 10.9. The highest BCUT2D eigenvalue weighted by atomic mass is 16.6. The third-order valence-electron chi connectivity index (χ3n) is 5.91. The first kappa shape index (κ1) is 23.6. The van der Waals surface area contributed by atoms with Crippen LogP contribution in [0.1, 0.15) is 24.3 Å². The van der Waals surface area contributed by atoms with Crippen LogP contribution in [0.25, 0.3) is 11.2 Å². The van der Waals surface area contributed by atoms with Gasteiger partial charge in [-0.1, -0.05) is 0 Å². The largest absolute Gasteiger partial charge is 0.471 e. The van der Waals surface area contributed by atoms with Crippen LogP contribution in [0.3, 0.4) is 0 Å². The molecule has 1 saturated heterocycles. The molecule has 4 atom stereocenters. The quantitative estimate of drug-likeness (QED) is 0.237. The lowest BCUT2D eigenvalue weighted by atomic mass is 10.1. The van der Waals surface area contributed by atoms with Crippen molar-refractivity contribution >= 4 is 22.8 Å². The molecule has 4 heterocycles. The molecule has 14 heteroatoms. The molecule has 0 radical (unpaired) electrons. The average Bonchev–Trinajstić information content (AvgIpc) is 3.53. The van der Waals surface area contributed by atoms with Crippen molar-refractivity contribution in [2.45, 2.75) is 44.6 Å². The number of ether oxygens (including phenoxy) is 2. The zero-order valence-electron chi connectivity index (χ0n) is 19.4. The molecule has 0 bridgehead atoms. The highest BCUT2D eigenvalue weighted by Crippen LogP contribution is 2.36. The van der Waals surface area contributed by atoms with E-state index in [2.05, 4.69) is 25.4 Å². The summed E-state index contributed by atoms with van der Waals surface area (Å²) in [5, 5.41) is 39.2. The first-order chi connectivity index (χ1) is 17.3. The minimum Gasteiger partial charge on any atom is -0.471 e. The Morgan fingerprint density at radius 3 is 2.61 bits per heavy atom. The Kier molecular flexibility index (Phi) is 6.22. The topological polar surface area (TPSA) is 176 Å². The molecule has 1 aliphatic rings. The number of fused-ring (bicyclic) bond motifs is 1. The maximum atomic E-state index is 10.9. The fraction of sp³-hybridized carbons (Fsp3) is 0.364. The van der Waals surface area contributed by atoms with Crippen molar-refractivity contribution in [1.82, 2.24) is 29.3 Å². The molecule has 0 unspecified atom stereocenters. The van der Waals surface area contributed by atoms with Gasteiger partial charge >= 0.3 is 0 Å². The SMILES string of the molecule is C[C@H]1O[C@@H](n2c(NCc3cnn(C)c3)nc3c(OCc4ccc([N+](=O)[O-])cc4)ncnc32)[C@H](O)[C@@H]1O. The minimum absolute atomic E-state index is 0.0159. The Hall–Kier alpha value is -4.14. The number of hydrogen-bond donors (Lipinski definition) is 3. The van der Waals surface area contributed by atoms with Crippen LogP contribution in [0, 0.1) is 10.1 Å². The summed E-state index contributed by atoms with van der Waals surface area (Å²) in [6.07, 6.45) is 1.02. The summed E-state index contributed by atoms with van der Waals surface area (Å²) in [7, 11) is 1.81. The second-order valence-electron chi connectivity index (χ2n) is 8.46. The Balaban J connectivity index is 1.47. The molecular formula is C22H24N8O6. The zero-order valence-corrected chi connectivity index (χ0v) is 19.4. The molecule has 0 aliphatic carbocycles. The monoisotopic (exact) mass is 496 g/mol. The molecule has 5 rings (SSSR count). The van der Waals surface area contributed by atoms with Gasteiger partial charge in [0.2, 0.25) is 11.8 Å². The molecule has 1 fully saturated rings. The van der Waals surface area contributed by atoms with Crippen molar-refractivity contribution in [3.05, 3.63) is 64.2 Å². The molecule has 0 amide bonds. The molecule has 36 heavy (non-hydrogen) atoms. The number of anilines is 1. The number of imidazole rings is 1. The van der Waals surface area contributed by atoms with Gasteiger partial charge in [-0.3, -0.25) is 19.4 Å². The minimum atomic E-state index is -1.21. The van der Waals surface area contributed by atoms with Crippen LogP contribution in [-0.4, -0.2) is 62.7 Å². The molecule has 188 valence electrons.